The molecule has 0 radical (unpaired) electrons. The summed E-state index contributed by atoms with van der Waals surface area (Å²) < 4.78 is 6.04. The van der Waals surface area contributed by atoms with Crippen LogP contribution in [0.2, 0.25) is 0 Å². The monoisotopic (exact) mass is 424 g/mol. The number of amides is 2. The Balaban J connectivity index is 1.42. The van der Waals surface area contributed by atoms with Gasteiger partial charge in [-0.1, -0.05) is 31.4 Å². The average Bonchev–Trinajstić information content (AvgIpc) is 3.14. The van der Waals surface area contributed by atoms with Crippen LogP contribution in [0.3, 0.4) is 0 Å². The predicted molar refractivity (Wildman–Crippen MR) is 117 cm³/mol. The molecule has 1 unspecified atom stereocenters. The third-order valence-corrected chi connectivity index (χ3v) is 7.29. The number of aromatic nitrogens is 1. The minimum Gasteiger partial charge on any atom is -0.437 e. The summed E-state index contributed by atoms with van der Waals surface area (Å²) in [6.45, 7) is 0.566. The summed E-state index contributed by atoms with van der Waals surface area (Å²) in [7, 11) is -1.16. The lowest BCUT2D eigenvalue weighted by Crippen LogP contribution is -2.33. The molecule has 1 aliphatic heterocycles. The number of carbonyl (C=O) groups is 2. The quantitative estimate of drug-likeness (QED) is 0.487. The number of nitrogens with one attached hydrogen (secondary N) is 1. The highest BCUT2D eigenvalue weighted by molar-refractivity contribution is 7.54. The maximum atomic E-state index is 12.8. The van der Waals surface area contributed by atoms with Crippen LogP contribution in [-0.4, -0.2) is 27.5 Å². The predicted octanol–water partition coefficient (Wildman–Crippen LogP) is 6.04. The summed E-state index contributed by atoms with van der Waals surface area (Å²) in [4.78, 5) is 30.7. The topological polar surface area (TPSA) is 91.8 Å². The number of hydrogen-bond donors (Lipinski definition) is 2. The van der Waals surface area contributed by atoms with Gasteiger partial charge in [-0.3, -0.25) is 4.90 Å². The number of carbonyl (C=O) groups excluding carboxylic acids is 1. The van der Waals surface area contributed by atoms with E-state index in [2.05, 4.69) is 10.3 Å². The molecule has 1 atom stereocenters. The van der Waals surface area contributed by atoms with Crippen molar-refractivity contribution in [2.24, 2.45) is 0 Å². The van der Waals surface area contributed by atoms with E-state index in [1.807, 2.05) is 24.3 Å². The summed E-state index contributed by atoms with van der Waals surface area (Å²) in [6.07, 6.45) is 7.95. The summed E-state index contributed by atoms with van der Waals surface area (Å²) in [5.41, 5.74) is 2.95. The van der Waals surface area contributed by atoms with Crippen molar-refractivity contribution < 1.29 is 19.4 Å². The van der Waals surface area contributed by atoms with E-state index in [1.165, 1.54) is 19.3 Å². The molecule has 1 aliphatic carbocycles. The normalized spacial score (nSPS) is 17.3. The first-order valence-corrected chi connectivity index (χ1v) is 11.4. The number of nitrogens with zero attached hydrogens (tertiary/aromatic N) is 2. The average molecular weight is 425 g/mol. The van der Waals surface area contributed by atoms with E-state index < -0.39 is 15.8 Å². The highest BCUT2D eigenvalue weighted by Crippen LogP contribution is 2.46. The van der Waals surface area contributed by atoms with Crippen LogP contribution in [0.15, 0.2) is 41.9 Å². The molecule has 3 heterocycles. The smallest absolute Gasteiger partial charge is 0.437 e. The van der Waals surface area contributed by atoms with Crippen LogP contribution in [0, 0.1) is 0 Å². The maximum absolute atomic E-state index is 12.8. The molecule has 1 aromatic carbocycles. The number of urea groups is 1. The van der Waals surface area contributed by atoms with Crippen LogP contribution < -0.4 is 10.2 Å². The molecule has 8 heteroatoms. The largest absolute Gasteiger partial charge is 0.554 e. The van der Waals surface area contributed by atoms with E-state index in [1.54, 1.807) is 22.5 Å². The minimum absolute atomic E-state index is 0.312. The van der Waals surface area contributed by atoms with Crippen molar-refractivity contribution in [2.45, 2.75) is 44.8 Å². The molecule has 2 amide bonds. The van der Waals surface area contributed by atoms with Gasteiger partial charge in [-0.2, -0.15) is 4.79 Å². The van der Waals surface area contributed by atoms with Crippen LogP contribution in [0.1, 0.15) is 37.7 Å². The Morgan fingerprint density at radius 3 is 2.70 bits per heavy atom. The van der Waals surface area contributed by atoms with E-state index in [4.69, 9.17) is 4.74 Å². The van der Waals surface area contributed by atoms with E-state index >= 15 is 0 Å². The fraction of sp³-hybridized carbons (Fsp3) is 0.318. The molecule has 2 aliphatic rings. The Bertz CT molecular complexity index is 1120. The summed E-state index contributed by atoms with van der Waals surface area (Å²) in [6, 6.07) is 9.17. The SMILES string of the molecule is O=C1Nc2c[s+](C(=O)O)c3nccc(c23)N1c1ccc(COC2CCCCC2)cc1. The first kappa shape index (κ1) is 19.0. The third-order valence-electron chi connectivity index (χ3n) is 5.71. The summed E-state index contributed by atoms with van der Waals surface area (Å²) >= 11 is 0. The Morgan fingerprint density at radius 1 is 1.20 bits per heavy atom. The second-order valence-electron chi connectivity index (χ2n) is 7.65. The van der Waals surface area contributed by atoms with Gasteiger partial charge in [0, 0.05) is 6.20 Å². The van der Waals surface area contributed by atoms with Gasteiger partial charge in [0.25, 0.3) is 4.83 Å². The first-order valence-electron chi connectivity index (χ1n) is 10.1. The van der Waals surface area contributed by atoms with Crippen molar-refractivity contribution in [3.63, 3.8) is 0 Å². The zero-order valence-electron chi connectivity index (χ0n) is 16.3. The molecule has 2 N–H and O–H groups in total. The van der Waals surface area contributed by atoms with Crippen LogP contribution >= 0.6 is 10.5 Å². The standard InChI is InChI=1S/C22H21N3O4S/c26-21-24-17-13-30(22(27)28)20-19(17)18(10-11-23-20)25(21)15-8-6-14(7-9-15)12-29-16-4-2-1-3-5-16/h6-11,13,16H,1-5,12H2,(H-,24,26,27,28)/p+1. The Hall–Kier alpha value is -2.97. The fourth-order valence-electron chi connectivity index (χ4n) is 4.22. The number of pyridine rings is 1. The number of rotatable bonds is 5. The number of anilines is 3. The summed E-state index contributed by atoms with van der Waals surface area (Å²) in [5, 5.41) is 13.6. The van der Waals surface area contributed by atoms with Gasteiger partial charge < -0.3 is 15.2 Å². The van der Waals surface area contributed by atoms with Crippen molar-refractivity contribution in [1.29, 1.82) is 0 Å². The van der Waals surface area contributed by atoms with Gasteiger partial charge in [0.2, 0.25) is 0 Å². The zero-order valence-corrected chi connectivity index (χ0v) is 17.2. The Labute approximate surface area is 176 Å². The van der Waals surface area contributed by atoms with Crippen molar-refractivity contribution in [3.8, 4) is 0 Å². The van der Waals surface area contributed by atoms with Gasteiger partial charge in [-0.25, -0.2) is 9.78 Å². The lowest BCUT2D eigenvalue weighted by atomic mass is 9.98. The van der Waals surface area contributed by atoms with Gasteiger partial charge in [0.15, 0.2) is 5.38 Å². The Kier molecular flexibility index (Phi) is 4.88. The fourth-order valence-corrected chi connectivity index (χ4v) is 5.62. The molecule has 0 bridgehead atoms. The van der Waals surface area contributed by atoms with Gasteiger partial charge in [0.1, 0.15) is 21.5 Å². The van der Waals surface area contributed by atoms with Gasteiger partial charge in [0.05, 0.1) is 24.1 Å². The van der Waals surface area contributed by atoms with Crippen LogP contribution in [0.4, 0.5) is 26.7 Å². The highest BCUT2D eigenvalue weighted by Gasteiger charge is 2.36. The minimum atomic E-state index is -1.16. The van der Waals surface area contributed by atoms with Crippen molar-refractivity contribution in [2.75, 3.05) is 10.2 Å². The van der Waals surface area contributed by atoms with E-state index in [0.29, 0.717) is 40.0 Å². The van der Waals surface area contributed by atoms with Crippen LogP contribution in [0.25, 0.3) is 10.2 Å². The molecular formula is C22H22N3O4S+. The zero-order chi connectivity index (χ0) is 20.7. The van der Waals surface area contributed by atoms with Crippen LogP contribution in [-0.2, 0) is 11.3 Å². The molecule has 1 fully saturated rings. The summed E-state index contributed by atoms with van der Waals surface area (Å²) in [5.74, 6) is 0. The van der Waals surface area contributed by atoms with Crippen molar-refractivity contribution in [1.82, 2.24) is 4.98 Å². The second-order valence-corrected chi connectivity index (χ2v) is 9.30. The molecule has 30 heavy (non-hydrogen) atoms. The Morgan fingerprint density at radius 2 is 1.97 bits per heavy atom. The molecule has 154 valence electrons. The molecular weight excluding hydrogens is 402 g/mol. The molecule has 3 aromatic rings. The lowest BCUT2D eigenvalue weighted by Gasteiger charge is -2.27. The van der Waals surface area contributed by atoms with Gasteiger partial charge >= 0.3 is 11.3 Å². The van der Waals surface area contributed by atoms with E-state index in [-0.39, 0.29) is 6.03 Å². The number of carboxylic acid groups (broad SMARTS) is 1. The number of benzene rings is 1. The van der Waals surface area contributed by atoms with E-state index in [0.717, 1.165) is 18.4 Å². The molecule has 2 aromatic heterocycles. The molecule has 1 saturated carbocycles. The van der Waals surface area contributed by atoms with Crippen molar-refractivity contribution in [3.05, 3.63) is 47.5 Å². The number of ether oxygens (including phenoxy) is 1. The second kappa shape index (κ2) is 7.70. The highest BCUT2D eigenvalue weighted by atomic mass is 32.2. The number of hydrogen-bond acceptors (Lipinski definition) is 4. The van der Waals surface area contributed by atoms with Gasteiger partial charge in [-0.05, 0) is 36.6 Å². The van der Waals surface area contributed by atoms with Crippen LogP contribution in [0.5, 0.6) is 0 Å². The van der Waals surface area contributed by atoms with Gasteiger partial charge in [-0.15, -0.1) is 0 Å². The third kappa shape index (κ3) is 3.32. The molecule has 0 saturated heterocycles. The van der Waals surface area contributed by atoms with E-state index in [9.17, 15) is 14.7 Å². The molecule has 5 rings (SSSR count). The first-order chi connectivity index (χ1) is 14.6. The maximum Gasteiger partial charge on any atom is 0.554 e. The lowest BCUT2D eigenvalue weighted by molar-refractivity contribution is 0.0169. The number of thiophene rings is 1. The van der Waals surface area contributed by atoms with Crippen molar-refractivity contribution >= 4 is 49.1 Å². The molecule has 0 spiro atoms. The molecule has 7 nitrogen and oxygen atoms in total.